The summed E-state index contributed by atoms with van der Waals surface area (Å²) in [6.45, 7) is -2.01. The molecule has 10 atom stereocenters. The van der Waals surface area contributed by atoms with Crippen molar-refractivity contribution >= 4 is 38.5 Å². The highest BCUT2D eigenvalue weighted by Crippen LogP contribution is 2.60. The molecule has 21 nitrogen and oxygen atoms in total. The molecule has 9 N–H and O–H groups in total. The molecule has 0 bridgehead atoms. The number of nitrogens with two attached hydrogens (primary N) is 2. The molecule has 0 aliphatic carbocycles. The fourth-order valence-corrected chi connectivity index (χ4v) is 7.00. The van der Waals surface area contributed by atoms with Gasteiger partial charge in [-0.2, -0.15) is 8.88 Å². The van der Waals surface area contributed by atoms with Gasteiger partial charge in [0.05, 0.1) is 19.5 Å². The number of aromatic nitrogens is 5. The number of carbonyl (C=O) groups excluding carboxylic acids is 1. The zero-order chi connectivity index (χ0) is 34.1. The van der Waals surface area contributed by atoms with Crippen LogP contribution in [-0.2, 0) is 36.7 Å². The predicted molar refractivity (Wildman–Crippen MR) is 152 cm³/mol. The molecule has 47 heavy (non-hydrogen) atoms. The van der Waals surface area contributed by atoms with Crippen molar-refractivity contribution in [2.24, 2.45) is 5.73 Å². The Morgan fingerprint density at radius 2 is 1.77 bits per heavy atom. The Morgan fingerprint density at radius 1 is 1.06 bits per heavy atom. The summed E-state index contributed by atoms with van der Waals surface area (Å²) in [6, 6.07) is 2.89. The third kappa shape index (κ3) is 7.66. The van der Waals surface area contributed by atoms with Crippen molar-refractivity contribution in [3.63, 3.8) is 0 Å². The molecule has 2 unspecified atom stereocenters. The summed E-state index contributed by atoms with van der Waals surface area (Å²) < 4.78 is 58.5. The minimum atomic E-state index is -5.38. The molecule has 0 radical (unpaired) electrons. The number of hydrogen-bond acceptors (Lipinski definition) is 16. The number of hydrogen-bond donors (Lipinski definition) is 7. The summed E-state index contributed by atoms with van der Waals surface area (Å²) in [6.07, 6.45) is -0.722. The van der Waals surface area contributed by atoms with Crippen LogP contribution in [-0.4, -0.2) is 107 Å². The van der Waals surface area contributed by atoms with E-state index < -0.39 is 83.8 Å². The molecule has 254 valence electrons. The van der Waals surface area contributed by atoms with Crippen molar-refractivity contribution in [1.29, 1.82) is 0 Å². The topological polar surface area (TPSA) is 307 Å². The summed E-state index contributed by atoms with van der Waals surface area (Å²) in [5.74, 6) is 1.51. The zero-order valence-corrected chi connectivity index (χ0v) is 25.8. The quantitative estimate of drug-likeness (QED) is 0.0556. The number of pyridine rings is 1. The van der Waals surface area contributed by atoms with Crippen LogP contribution in [0.1, 0.15) is 22.8 Å². The van der Waals surface area contributed by atoms with Gasteiger partial charge >= 0.3 is 15.6 Å². The third-order valence-corrected chi connectivity index (χ3v) is 9.68. The summed E-state index contributed by atoms with van der Waals surface area (Å²) in [4.78, 5) is 43.8. The second-order valence-electron chi connectivity index (χ2n) is 10.2. The molecule has 2 aliphatic rings. The Balaban J connectivity index is 1.19. The molecule has 1 amide bonds. The maximum atomic E-state index is 12.6. The van der Waals surface area contributed by atoms with E-state index in [1.54, 1.807) is 0 Å². The average Bonchev–Trinajstić information content (AvgIpc) is 3.67. The number of aliphatic hydroxyl groups excluding tert-OH is 3. The number of terminal acetylenes is 1. The number of ether oxygens (including phenoxy) is 3. The van der Waals surface area contributed by atoms with Crippen molar-refractivity contribution in [2.45, 2.75) is 49.1 Å². The average molecular weight is 702 g/mol. The first kappa shape index (κ1) is 34.9. The number of primary amides is 1. The number of nitrogen functional groups attached to an aromatic ring is 1. The van der Waals surface area contributed by atoms with Crippen LogP contribution in [0.25, 0.3) is 11.2 Å². The maximum Gasteiger partial charge on any atom is 0.481 e. The molecule has 0 spiro atoms. The Bertz CT molecular complexity index is 1760. The number of anilines is 1. The van der Waals surface area contributed by atoms with E-state index in [1.165, 1.54) is 40.0 Å². The van der Waals surface area contributed by atoms with Crippen molar-refractivity contribution in [3.05, 3.63) is 42.7 Å². The summed E-state index contributed by atoms with van der Waals surface area (Å²) in [7, 11) is -10.8. The van der Waals surface area contributed by atoms with Crippen LogP contribution < -0.4 is 16.0 Å². The molecule has 23 heteroatoms. The number of carbonyl (C=O) groups is 1. The minimum Gasteiger partial charge on any atom is -0.387 e. The number of phosphoric ester groups is 2. The van der Waals surface area contributed by atoms with Gasteiger partial charge in [-0.15, -0.1) is 6.42 Å². The number of fused-ring (bicyclic) bond motifs is 1. The highest BCUT2D eigenvalue weighted by Gasteiger charge is 2.51. The second kappa shape index (κ2) is 14.0. The van der Waals surface area contributed by atoms with Gasteiger partial charge in [-0.3, -0.25) is 18.4 Å². The molecule has 0 aromatic carbocycles. The standard InChI is InChI=1S/C24H29N7O14P2/c1-2-6-40-19-14(44-23(18(19)34)30-5-3-4-12(7-30)21(26)35)9-42-47(38,39)45-46(36,37)41-8-13-16(32)17(33)24(43-13)31-11-29-15-20(25)27-10-28-22(15)31/h1,3-5,7,10-11,13-14,16-19,23-24,32-34H,6,8-9H2,(H5-,25,26,27,28,35,36,37,38,39)/p+1/t13-,14-,16-,17-,18-,19-,23-,24-/m1/s1. The molecule has 2 aliphatic heterocycles. The molecule has 3 aromatic rings. The lowest BCUT2D eigenvalue weighted by Gasteiger charge is -2.21. The fourth-order valence-electron chi connectivity index (χ4n) is 4.91. The summed E-state index contributed by atoms with van der Waals surface area (Å²) >= 11 is 0. The number of amides is 1. The smallest absolute Gasteiger partial charge is 0.387 e. The van der Waals surface area contributed by atoms with Gasteiger partial charge in [-0.1, -0.05) is 5.92 Å². The van der Waals surface area contributed by atoms with E-state index in [0.717, 1.165) is 6.33 Å². The van der Waals surface area contributed by atoms with E-state index in [4.69, 9.17) is 41.1 Å². The number of rotatable bonds is 13. The highest BCUT2D eigenvalue weighted by atomic mass is 31.3. The Labute approximate surface area is 264 Å². The van der Waals surface area contributed by atoms with E-state index in [2.05, 4.69) is 25.2 Å². The predicted octanol–water partition coefficient (Wildman–Crippen LogP) is -2.36. The highest BCUT2D eigenvalue weighted by molar-refractivity contribution is 7.61. The van der Waals surface area contributed by atoms with Gasteiger partial charge in [0.25, 0.3) is 12.1 Å². The van der Waals surface area contributed by atoms with Gasteiger partial charge in [-0.25, -0.2) is 24.1 Å². The SMILES string of the molecule is C#CCO[C@H]1[C@@H](O)[C@H]([n+]2cccc(C(N)=O)c2)O[C@@H]1COP(=O)(O)OP(=O)(O)OC[C@H]1O[C@@H](n2cnc3c(N)ncnc32)[C@H](O)[C@@H]1O. The van der Waals surface area contributed by atoms with Gasteiger partial charge in [0.2, 0.25) is 0 Å². The minimum absolute atomic E-state index is 0.0515. The van der Waals surface area contributed by atoms with Crippen molar-refractivity contribution < 1.29 is 71.2 Å². The lowest BCUT2D eigenvalue weighted by Crippen LogP contribution is -2.46. The molecule has 0 saturated carbocycles. The van der Waals surface area contributed by atoms with E-state index in [9.17, 15) is 39.0 Å². The van der Waals surface area contributed by atoms with Crippen LogP contribution in [0.2, 0.25) is 0 Å². The number of imidazole rings is 1. The van der Waals surface area contributed by atoms with Crippen LogP contribution in [0, 0.1) is 12.3 Å². The second-order valence-corrected chi connectivity index (χ2v) is 13.2. The van der Waals surface area contributed by atoms with E-state index in [-0.39, 0.29) is 29.2 Å². The van der Waals surface area contributed by atoms with Crippen molar-refractivity contribution in [1.82, 2.24) is 19.5 Å². The molecular weight excluding hydrogens is 672 g/mol. The molecule has 5 rings (SSSR count). The molecular formula is C24H30N7O14P2+. The van der Waals surface area contributed by atoms with Crippen LogP contribution in [0.5, 0.6) is 0 Å². The number of phosphoric acid groups is 2. The first-order valence-corrected chi connectivity index (χ1v) is 16.5. The monoisotopic (exact) mass is 702 g/mol. The lowest BCUT2D eigenvalue weighted by molar-refractivity contribution is -0.765. The largest absolute Gasteiger partial charge is 0.481 e. The van der Waals surface area contributed by atoms with E-state index in [0.29, 0.717) is 0 Å². The Hall–Kier alpha value is -3.45. The Kier molecular flexibility index (Phi) is 10.4. The van der Waals surface area contributed by atoms with Crippen LogP contribution in [0.3, 0.4) is 0 Å². The first-order chi connectivity index (χ1) is 22.2. The van der Waals surface area contributed by atoms with Gasteiger partial charge in [0.15, 0.2) is 36.2 Å². The van der Waals surface area contributed by atoms with Gasteiger partial charge < -0.3 is 50.8 Å². The maximum absolute atomic E-state index is 12.6. The van der Waals surface area contributed by atoms with Crippen LogP contribution in [0.4, 0.5) is 5.82 Å². The molecule has 5 heterocycles. The molecule has 3 aromatic heterocycles. The number of nitrogens with zero attached hydrogens (tertiary/aromatic N) is 5. The fraction of sp³-hybridized carbons (Fsp3) is 0.458. The normalized spacial score (nSPS) is 30.1. The van der Waals surface area contributed by atoms with Gasteiger partial charge in [0.1, 0.15) is 54.5 Å². The van der Waals surface area contributed by atoms with E-state index >= 15 is 0 Å². The zero-order valence-electron chi connectivity index (χ0n) is 24.0. The van der Waals surface area contributed by atoms with Crippen LogP contribution >= 0.6 is 15.6 Å². The molecule has 2 fully saturated rings. The van der Waals surface area contributed by atoms with Crippen LogP contribution in [0.15, 0.2) is 37.2 Å². The first-order valence-electron chi connectivity index (χ1n) is 13.5. The lowest BCUT2D eigenvalue weighted by atomic mass is 10.1. The summed E-state index contributed by atoms with van der Waals surface area (Å²) in [5.41, 5.74) is 11.5. The summed E-state index contributed by atoms with van der Waals surface area (Å²) in [5, 5.41) is 31.9. The molecule has 2 saturated heterocycles. The third-order valence-electron chi connectivity index (χ3n) is 7.08. The van der Waals surface area contributed by atoms with Crippen molar-refractivity contribution in [3.8, 4) is 12.3 Å². The van der Waals surface area contributed by atoms with Gasteiger partial charge in [-0.05, 0) is 6.07 Å². The number of aliphatic hydroxyl groups is 3. The van der Waals surface area contributed by atoms with E-state index in [1.807, 2.05) is 0 Å². The van der Waals surface area contributed by atoms with Crippen molar-refractivity contribution in [2.75, 3.05) is 25.6 Å². The Morgan fingerprint density at radius 3 is 2.45 bits per heavy atom. The van der Waals surface area contributed by atoms with Gasteiger partial charge in [0, 0.05) is 6.07 Å².